The Morgan fingerprint density at radius 2 is 1.11 bits per heavy atom. The number of methoxy groups -OCH3 is 1. The fourth-order valence-corrected chi connectivity index (χ4v) is 4.91. The molecule has 0 unspecified atom stereocenters. The predicted octanol–water partition coefficient (Wildman–Crippen LogP) is 6.87. The molecule has 0 radical (unpaired) electrons. The van der Waals surface area contributed by atoms with E-state index < -0.39 is 11.6 Å². The first-order chi connectivity index (χ1) is 25.9. The van der Waals surface area contributed by atoms with Crippen molar-refractivity contribution in [1.29, 1.82) is 0 Å². The SMILES string of the molecule is COc1cccc(-c2nnn(-c3cc(F)cc(Oc4cccnc4)c3)n2)n1.Fc1cc(Oc2cccnc2)cc(-n2nnc(-c3cccc(Br)n3)n2)c1. The zero-order valence-corrected chi connectivity index (χ0v) is 28.9. The normalized spacial score (nSPS) is 10.6. The molecular weight excluding hydrogens is 754 g/mol. The van der Waals surface area contributed by atoms with Crippen molar-refractivity contribution in [1.82, 2.24) is 60.4 Å². The van der Waals surface area contributed by atoms with E-state index in [1.807, 2.05) is 6.07 Å². The molecule has 0 N–H and O–H groups in total. The van der Waals surface area contributed by atoms with Gasteiger partial charge in [0.1, 0.15) is 50.6 Å². The van der Waals surface area contributed by atoms with Crippen molar-refractivity contribution >= 4 is 15.9 Å². The van der Waals surface area contributed by atoms with Crippen LogP contribution >= 0.6 is 15.9 Å². The lowest BCUT2D eigenvalue weighted by molar-refractivity contribution is 0.398. The Morgan fingerprint density at radius 3 is 1.60 bits per heavy atom. The number of tetrazole rings is 2. The molecule has 6 heterocycles. The Morgan fingerprint density at radius 1 is 0.585 bits per heavy atom. The predicted molar refractivity (Wildman–Crippen MR) is 188 cm³/mol. The van der Waals surface area contributed by atoms with Crippen molar-refractivity contribution in [3.63, 3.8) is 0 Å². The standard InChI is InChI=1S/C18H13FN6O2.C17H10BrFN6O/c1-26-17-6-2-5-16(21-17)18-22-24-25(23-18)13-8-12(19)9-15(10-13)27-14-4-3-7-20-11-14;18-16-5-1-4-15(21-16)17-22-24-25(23-17)12-7-11(19)8-14(9-12)26-13-3-2-6-20-10-13/h2-11H,1H3;1-10H. The van der Waals surface area contributed by atoms with Crippen LogP contribution in [-0.4, -0.2) is 67.5 Å². The van der Waals surface area contributed by atoms with Gasteiger partial charge in [-0.05, 0) is 68.8 Å². The maximum Gasteiger partial charge on any atom is 0.223 e. The summed E-state index contributed by atoms with van der Waals surface area (Å²) in [5.74, 6) is 1.63. The molecule has 2 aromatic carbocycles. The number of benzene rings is 2. The van der Waals surface area contributed by atoms with Crippen molar-refractivity contribution in [3.8, 4) is 63.3 Å². The molecule has 0 atom stereocenters. The van der Waals surface area contributed by atoms with E-state index in [1.54, 1.807) is 79.1 Å². The summed E-state index contributed by atoms with van der Waals surface area (Å²) < 4.78 is 45.0. The first-order valence-electron chi connectivity index (χ1n) is 15.4. The maximum atomic E-state index is 14.0. The Hall–Kier alpha value is -7.08. The molecule has 15 nitrogen and oxygen atoms in total. The van der Waals surface area contributed by atoms with Gasteiger partial charge in [0.25, 0.3) is 0 Å². The summed E-state index contributed by atoms with van der Waals surface area (Å²) in [4.78, 5) is 18.9. The summed E-state index contributed by atoms with van der Waals surface area (Å²) in [7, 11) is 1.52. The van der Waals surface area contributed by atoms with E-state index in [-0.39, 0.29) is 11.6 Å². The highest BCUT2D eigenvalue weighted by molar-refractivity contribution is 9.10. The summed E-state index contributed by atoms with van der Waals surface area (Å²) >= 11 is 3.30. The smallest absolute Gasteiger partial charge is 0.223 e. The van der Waals surface area contributed by atoms with Crippen LogP contribution in [-0.2, 0) is 0 Å². The Labute approximate surface area is 307 Å². The van der Waals surface area contributed by atoms with Crippen molar-refractivity contribution in [3.05, 3.63) is 138 Å². The second kappa shape index (κ2) is 15.9. The molecule has 18 heteroatoms. The third-order valence-corrected chi connectivity index (χ3v) is 7.29. The topological polar surface area (TPSA) is 166 Å². The van der Waals surface area contributed by atoms with Crippen molar-refractivity contribution < 1.29 is 23.0 Å². The van der Waals surface area contributed by atoms with Gasteiger partial charge in [0, 0.05) is 54.9 Å². The molecule has 262 valence electrons. The van der Waals surface area contributed by atoms with E-state index in [0.717, 1.165) is 0 Å². The minimum Gasteiger partial charge on any atom is -0.481 e. The number of halogens is 3. The highest BCUT2D eigenvalue weighted by Gasteiger charge is 2.14. The highest BCUT2D eigenvalue weighted by Crippen LogP contribution is 2.26. The molecule has 0 spiro atoms. The van der Waals surface area contributed by atoms with E-state index in [9.17, 15) is 8.78 Å². The van der Waals surface area contributed by atoms with E-state index >= 15 is 0 Å². The molecule has 8 aromatic rings. The largest absolute Gasteiger partial charge is 0.481 e. The van der Waals surface area contributed by atoms with Gasteiger partial charge in [0.2, 0.25) is 17.5 Å². The molecule has 0 fully saturated rings. The summed E-state index contributed by atoms with van der Waals surface area (Å²) in [6.45, 7) is 0. The van der Waals surface area contributed by atoms with Crippen LogP contribution in [0, 0.1) is 11.6 Å². The lowest BCUT2D eigenvalue weighted by Crippen LogP contribution is -2.00. The van der Waals surface area contributed by atoms with Gasteiger partial charge in [-0.25, -0.2) is 18.7 Å². The van der Waals surface area contributed by atoms with Gasteiger partial charge in [0.15, 0.2) is 0 Å². The van der Waals surface area contributed by atoms with Crippen LogP contribution in [0.15, 0.2) is 126 Å². The number of rotatable bonds is 9. The molecule has 0 saturated carbocycles. The zero-order valence-electron chi connectivity index (χ0n) is 27.3. The fourth-order valence-electron chi connectivity index (χ4n) is 4.57. The molecule has 0 saturated heterocycles. The Balaban J connectivity index is 0.000000164. The third-order valence-electron chi connectivity index (χ3n) is 6.85. The summed E-state index contributed by atoms with van der Waals surface area (Å²) in [5, 5.41) is 24.4. The molecule has 0 aliphatic rings. The van der Waals surface area contributed by atoms with Crippen LogP contribution in [0.2, 0.25) is 0 Å². The summed E-state index contributed by atoms with van der Waals surface area (Å²) in [6.07, 6.45) is 6.32. The molecule has 0 aliphatic carbocycles. The van der Waals surface area contributed by atoms with Gasteiger partial charge < -0.3 is 14.2 Å². The van der Waals surface area contributed by atoms with E-state index in [0.29, 0.717) is 56.3 Å². The van der Waals surface area contributed by atoms with Crippen LogP contribution < -0.4 is 14.2 Å². The van der Waals surface area contributed by atoms with Gasteiger partial charge in [0.05, 0.1) is 30.9 Å². The lowest BCUT2D eigenvalue weighted by atomic mass is 10.3. The number of hydrogen-bond acceptors (Lipinski definition) is 13. The Kier molecular flexibility index (Phi) is 10.3. The first-order valence-corrected chi connectivity index (χ1v) is 16.2. The van der Waals surface area contributed by atoms with Crippen molar-refractivity contribution in [2.24, 2.45) is 0 Å². The van der Waals surface area contributed by atoms with Gasteiger partial charge in [-0.1, -0.05) is 12.1 Å². The van der Waals surface area contributed by atoms with Crippen LogP contribution in [0.3, 0.4) is 0 Å². The summed E-state index contributed by atoms with van der Waals surface area (Å²) in [6, 6.07) is 25.8. The molecule has 0 aliphatic heterocycles. The third kappa shape index (κ3) is 8.81. The van der Waals surface area contributed by atoms with E-state index in [2.05, 4.69) is 66.7 Å². The summed E-state index contributed by atoms with van der Waals surface area (Å²) in [5.41, 5.74) is 1.77. The molecular formula is C35H23BrF2N12O3. The second-order valence-corrected chi connectivity index (χ2v) is 11.4. The number of nitrogens with zero attached hydrogens (tertiary/aromatic N) is 12. The van der Waals surface area contributed by atoms with E-state index in [4.69, 9.17) is 14.2 Å². The van der Waals surface area contributed by atoms with Gasteiger partial charge in [-0.2, -0.15) is 0 Å². The minimum atomic E-state index is -0.496. The van der Waals surface area contributed by atoms with Crippen LogP contribution in [0.5, 0.6) is 28.9 Å². The molecule has 8 rings (SSSR count). The molecule has 0 amide bonds. The molecule has 0 bridgehead atoms. The molecule has 53 heavy (non-hydrogen) atoms. The quantitative estimate of drug-likeness (QED) is 0.140. The fraction of sp³-hybridized carbons (Fsp3) is 0.0286. The maximum absolute atomic E-state index is 14.0. The number of hydrogen-bond donors (Lipinski definition) is 0. The van der Waals surface area contributed by atoms with Gasteiger partial charge >= 0.3 is 0 Å². The highest BCUT2D eigenvalue weighted by atomic mass is 79.9. The number of aromatic nitrogens is 12. The van der Waals surface area contributed by atoms with Crippen LogP contribution in [0.1, 0.15) is 0 Å². The first kappa shape index (κ1) is 34.4. The minimum absolute atomic E-state index is 0.285. The lowest BCUT2D eigenvalue weighted by Gasteiger charge is -2.07. The van der Waals surface area contributed by atoms with Gasteiger partial charge in [-0.3, -0.25) is 9.97 Å². The van der Waals surface area contributed by atoms with Crippen molar-refractivity contribution in [2.45, 2.75) is 0 Å². The van der Waals surface area contributed by atoms with Crippen LogP contribution in [0.4, 0.5) is 8.78 Å². The van der Waals surface area contributed by atoms with Gasteiger partial charge in [-0.15, -0.1) is 30.0 Å². The number of ether oxygens (including phenoxy) is 3. The Bertz CT molecular complexity index is 2470. The van der Waals surface area contributed by atoms with Crippen molar-refractivity contribution in [2.75, 3.05) is 7.11 Å². The second-order valence-electron chi connectivity index (χ2n) is 10.6. The molecule has 6 aromatic heterocycles. The number of pyridine rings is 4. The average molecular weight is 778 g/mol. The van der Waals surface area contributed by atoms with Crippen LogP contribution in [0.25, 0.3) is 34.4 Å². The van der Waals surface area contributed by atoms with E-state index in [1.165, 1.54) is 53.4 Å². The monoisotopic (exact) mass is 776 g/mol. The zero-order chi connectivity index (χ0) is 36.6. The average Bonchev–Trinajstić information content (AvgIpc) is 3.88.